The van der Waals surface area contributed by atoms with Crippen molar-refractivity contribution in [2.45, 2.75) is 51.1 Å². The molecule has 0 bridgehead atoms. The van der Waals surface area contributed by atoms with E-state index >= 15 is 0 Å². The molecule has 3 saturated heterocycles. The summed E-state index contributed by atoms with van der Waals surface area (Å²) in [5.74, 6) is -3.75. The fourth-order valence-corrected chi connectivity index (χ4v) is 10.7. The minimum absolute atomic E-state index is 0.0957. The number of fused-ring (bicyclic) bond motifs is 4. The van der Waals surface area contributed by atoms with Gasteiger partial charge in [0.2, 0.25) is 23.6 Å². The Morgan fingerprint density at radius 2 is 1.55 bits per heavy atom. The Kier molecular flexibility index (Phi) is 8.74. The van der Waals surface area contributed by atoms with E-state index in [1.54, 1.807) is 35.2 Å². The van der Waals surface area contributed by atoms with Gasteiger partial charge in [-0.1, -0.05) is 60.2 Å². The van der Waals surface area contributed by atoms with Crippen LogP contribution in [0.2, 0.25) is 0 Å². The van der Waals surface area contributed by atoms with Gasteiger partial charge in [-0.25, -0.2) is 4.90 Å². The molecule has 5 aliphatic rings. The molecule has 11 heteroatoms. The monoisotopic (exact) mass is 815 g/mol. The zero-order valence-electron chi connectivity index (χ0n) is 28.4. The topological polar surface area (TPSA) is 107 Å². The van der Waals surface area contributed by atoms with Gasteiger partial charge in [0.1, 0.15) is 0 Å². The number of imide groups is 2. The molecule has 4 fully saturated rings. The number of aromatic hydroxyl groups is 1. The van der Waals surface area contributed by atoms with Gasteiger partial charge in [0.05, 0.1) is 40.4 Å². The summed E-state index contributed by atoms with van der Waals surface area (Å²) in [5, 5.41) is 10.9. The molecule has 0 aromatic heterocycles. The average Bonchev–Trinajstić information content (AvgIpc) is 3.51. The Morgan fingerprint density at radius 1 is 0.882 bits per heavy atom. The molecule has 51 heavy (non-hydrogen) atoms. The Bertz CT molecular complexity index is 1960. The lowest BCUT2D eigenvalue weighted by Gasteiger charge is -2.49. The standard InChI is InChI=1S/C40H39Br2N3O6/c1-40-29(37(48)45(39(40)50)23-11-7-4-8-12-23)19-27-25(32(40)28-20-30(51-2)35(46)34(42)33(28)41)13-14-26-31(27)38(49)44(36(26)47)24-15-17-43(18-16-24)21-22-9-5-3-6-10-22/h3-13,20,24,26-27,29,31-32,46H,14-19,21H2,1-2H3/t26-,27+,29-,31-,32+,40+/m0/s1. The highest BCUT2D eigenvalue weighted by Crippen LogP contribution is 2.65. The molecule has 6 atom stereocenters. The number of amides is 4. The largest absolute Gasteiger partial charge is 0.503 e. The van der Waals surface area contributed by atoms with E-state index in [1.807, 2.05) is 31.2 Å². The number of hydrogen-bond donors (Lipinski definition) is 1. The second-order valence-electron chi connectivity index (χ2n) is 14.7. The first-order chi connectivity index (χ1) is 24.6. The molecular weight excluding hydrogens is 778 g/mol. The van der Waals surface area contributed by atoms with Crippen LogP contribution in [0.25, 0.3) is 0 Å². The van der Waals surface area contributed by atoms with Gasteiger partial charge in [-0.15, -0.1) is 0 Å². The molecule has 0 unspecified atom stereocenters. The molecular formula is C40H39Br2N3O6. The predicted octanol–water partition coefficient (Wildman–Crippen LogP) is 6.82. The number of ether oxygens (including phenoxy) is 1. The van der Waals surface area contributed by atoms with E-state index in [2.05, 4.69) is 55.0 Å². The summed E-state index contributed by atoms with van der Waals surface area (Å²) < 4.78 is 6.46. The molecule has 1 saturated carbocycles. The summed E-state index contributed by atoms with van der Waals surface area (Å²) in [5.41, 5.74) is 2.06. The van der Waals surface area contributed by atoms with Crippen LogP contribution in [0.15, 0.2) is 87.3 Å². The van der Waals surface area contributed by atoms with Gasteiger partial charge in [0, 0.05) is 36.1 Å². The number of nitrogens with zero attached hydrogens (tertiary/aromatic N) is 3. The molecule has 4 amide bonds. The number of allylic oxidation sites excluding steroid dienone is 2. The minimum atomic E-state index is -1.22. The smallest absolute Gasteiger partial charge is 0.241 e. The van der Waals surface area contributed by atoms with Crippen LogP contribution >= 0.6 is 31.9 Å². The fourth-order valence-electron chi connectivity index (χ4n) is 9.72. The first-order valence-electron chi connectivity index (χ1n) is 17.6. The van der Waals surface area contributed by atoms with Gasteiger partial charge >= 0.3 is 0 Å². The third-order valence-electron chi connectivity index (χ3n) is 12.2. The van der Waals surface area contributed by atoms with Crippen LogP contribution in [0, 0.1) is 29.1 Å². The summed E-state index contributed by atoms with van der Waals surface area (Å²) in [6.45, 7) is 4.27. The van der Waals surface area contributed by atoms with E-state index in [0.717, 1.165) is 25.2 Å². The second kappa shape index (κ2) is 13.0. The molecule has 2 aliphatic carbocycles. The first-order valence-corrected chi connectivity index (χ1v) is 19.2. The third-order valence-corrected chi connectivity index (χ3v) is 14.4. The van der Waals surface area contributed by atoms with Crippen molar-refractivity contribution < 1.29 is 29.0 Å². The van der Waals surface area contributed by atoms with Crippen LogP contribution in [-0.4, -0.2) is 64.8 Å². The van der Waals surface area contributed by atoms with Crippen molar-refractivity contribution in [3.63, 3.8) is 0 Å². The fraction of sp³-hybridized carbons (Fsp3) is 0.400. The summed E-state index contributed by atoms with van der Waals surface area (Å²) in [6, 6.07) is 20.8. The number of piperidine rings is 1. The predicted molar refractivity (Wildman–Crippen MR) is 198 cm³/mol. The van der Waals surface area contributed by atoms with Gasteiger partial charge in [0.25, 0.3) is 0 Å². The number of hydrogen-bond acceptors (Lipinski definition) is 7. The number of anilines is 1. The van der Waals surface area contributed by atoms with E-state index in [9.17, 15) is 24.3 Å². The van der Waals surface area contributed by atoms with Crippen molar-refractivity contribution in [3.8, 4) is 11.5 Å². The number of benzene rings is 3. The van der Waals surface area contributed by atoms with E-state index in [1.165, 1.54) is 17.6 Å². The Labute approximate surface area is 313 Å². The van der Waals surface area contributed by atoms with Crippen molar-refractivity contribution >= 4 is 61.2 Å². The van der Waals surface area contributed by atoms with Gasteiger partial charge in [0.15, 0.2) is 11.5 Å². The quantitative estimate of drug-likeness (QED) is 0.215. The summed E-state index contributed by atoms with van der Waals surface area (Å²) in [4.78, 5) is 63.2. The minimum Gasteiger partial charge on any atom is -0.503 e. The average molecular weight is 818 g/mol. The zero-order valence-corrected chi connectivity index (χ0v) is 31.6. The lowest BCUT2D eigenvalue weighted by atomic mass is 9.51. The summed E-state index contributed by atoms with van der Waals surface area (Å²) in [6.07, 6.45) is 4.14. The number of phenolic OH excluding ortho intramolecular Hbond substituents is 1. The van der Waals surface area contributed by atoms with E-state index in [4.69, 9.17) is 4.74 Å². The van der Waals surface area contributed by atoms with Crippen LogP contribution < -0.4 is 9.64 Å². The molecule has 9 nitrogen and oxygen atoms in total. The number of phenols is 1. The maximum Gasteiger partial charge on any atom is 0.241 e. The van der Waals surface area contributed by atoms with Crippen molar-refractivity contribution in [1.82, 2.24) is 9.80 Å². The molecule has 3 heterocycles. The number of rotatable bonds is 6. The molecule has 8 rings (SSSR count). The normalized spacial score (nSPS) is 29.6. The molecule has 264 valence electrons. The third kappa shape index (κ3) is 5.24. The second-order valence-corrected chi connectivity index (χ2v) is 16.3. The van der Waals surface area contributed by atoms with Crippen LogP contribution in [0.4, 0.5) is 5.69 Å². The maximum atomic E-state index is 14.7. The zero-order chi connectivity index (χ0) is 35.8. The first kappa shape index (κ1) is 34.3. The Morgan fingerprint density at radius 3 is 2.22 bits per heavy atom. The maximum absolute atomic E-state index is 14.7. The van der Waals surface area contributed by atoms with Crippen LogP contribution in [-0.2, 0) is 25.7 Å². The van der Waals surface area contributed by atoms with Crippen LogP contribution in [0.1, 0.15) is 49.7 Å². The van der Waals surface area contributed by atoms with Crippen LogP contribution in [0.3, 0.4) is 0 Å². The Balaban J connectivity index is 1.16. The number of carbonyl (C=O) groups excluding carboxylic acids is 4. The number of methoxy groups -OCH3 is 1. The van der Waals surface area contributed by atoms with Crippen molar-refractivity contribution in [2.75, 3.05) is 25.1 Å². The molecule has 3 aliphatic heterocycles. The molecule has 3 aromatic rings. The van der Waals surface area contributed by atoms with Gasteiger partial charge in [-0.3, -0.25) is 29.0 Å². The van der Waals surface area contributed by atoms with Crippen molar-refractivity contribution in [2.24, 2.45) is 29.1 Å². The molecule has 3 aromatic carbocycles. The van der Waals surface area contributed by atoms with Gasteiger partial charge < -0.3 is 9.84 Å². The summed E-state index contributed by atoms with van der Waals surface area (Å²) in [7, 11) is 1.46. The van der Waals surface area contributed by atoms with Crippen molar-refractivity contribution in [3.05, 3.63) is 98.5 Å². The van der Waals surface area contributed by atoms with E-state index in [0.29, 0.717) is 39.5 Å². The van der Waals surface area contributed by atoms with Crippen molar-refractivity contribution in [1.29, 1.82) is 0 Å². The number of para-hydroxylation sites is 1. The van der Waals surface area contributed by atoms with Gasteiger partial charge in [-0.2, -0.15) is 0 Å². The van der Waals surface area contributed by atoms with E-state index < -0.39 is 35.0 Å². The number of likely N-dealkylation sites (tertiary alicyclic amines) is 2. The number of halogens is 2. The van der Waals surface area contributed by atoms with Gasteiger partial charge in [-0.05, 0) is 99.7 Å². The lowest BCUT2D eigenvalue weighted by Crippen LogP contribution is -2.49. The molecule has 1 N–H and O–H groups in total. The molecule has 0 radical (unpaired) electrons. The lowest BCUT2D eigenvalue weighted by molar-refractivity contribution is -0.144. The molecule has 0 spiro atoms. The Hall–Kier alpha value is -3.80. The number of carbonyl (C=O) groups is 4. The SMILES string of the molecule is COc1cc([C@H]2C3=CC[C@@H]4C(=O)N(C5CCN(Cc6ccccc6)CC5)C(=O)[C@@H]4[C@@H]3C[C@H]3C(=O)N(c4ccccc4)C(=O)[C@@]23C)c(Br)c(Br)c1O. The highest BCUT2D eigenvalue weighted by molar-refractivity contribution is 9.13. The van der Waals surface area contributed by atoms with E-state index in [-0.39, 0.29) is 47.6 Å². The summed E-state index contributed by atoms with van der Waals surface area (Å²) >= 11 is 7.21. The van der Waals surface area contributed by atoms with Crippen LogP contribution in [0.5, 0.6) is 11.5 Å². The highest BCUT2D eigenvalue weighted by Gasteiger charge is 2.68. The highest BCUT2D eigenvalue weighted by atomic mass is 79.9.